The minimum absolute atomic E-state index is 0.0242. The maximum Gasteiger partial charge on any atom is 0.170 e. The summed E-state index contributed by atoms with van der Waals surface area (Å²) in [6, 6.07) is 25.2. The van der Waals surface area contributed by atoms with Crippen LogP contribution < -0.4 is 0 Å². The number of allylic oxidation sites excluding steroid dienone is 4. The van der Waals surface area contributed by atoms with E-state index in [0.717, 1.165) is 27.6 Å². The number of hydrogen-bond acceptors (Lipinski definition) is 3. The second-order valence-corrected chi connectivity index (χ2v) is 9.50. The highest BCUT2D eigenvalue weighted by Gasteiger charge is 2.33. The second-order valence-electron chi connectivity index (χ2n) is 9.50. The molecule has 0 bridgehead atoms. The van der Waals surface area contributed by atoms with Gasteiger partial charge in [0, 0.05) is 0 Å². The van der Waals surface area contributed by atoms with Gasteiger partial charge in [-0.2, -0.15) is 15.8 Å². The van der Waals surface area contributed by atoms with Gasteiger partial charge in [0.2, 0.25) is 0 Å². The Morgan fingerprint density at radius 1 is 0.625 bits per heavy atom. The first-order valence-electron chi connectivity index (χ1n) is 12.2. The van der Waals surface area contributed by atoms with E-state index >= 15 is 17.6 Å². The molecule has 1 unspecified atom stereocenters. The van der Waals surface area contributed by atoms with Gasteiger partial charge in [0.15, 0.2) is 23.3 Å². The van der Waals surface area contributed by atoms with E-state index < -0.39 is 40.3 Å². The zero-order chi connectivity index (χ0) is 28.1. The van der Waals surface area contributed by atoms with Gasteiger partial charge in [-0.05, 0) is 68.1 Å². The third kappa shape index (κ3) is 3.62. The predicted octanol–water partition coefficient (Wildman–Crippen LogP) is 8.64. The van der Waals surface area contributed by atoms with Crippen molar-refractivity contribution in [1.82, 2.24) is 0 Å². The van der Waals surface area contributed by atoms with Gasteiger partial charge in [-0.1, -0.05) is 54.6 Å². The van der Waals surface area contributed by atoms with Crippen molar-refractivity contribution in [3.8, 4) is 29.3 Å². The van der Waals surface area contributed by atoms with E-state index in [2.05, 4.69) is 0 Å². The summed E-state index contributed by atoms with van der Waals surface area (Å²) < 4.78 is 62.5. The van der Waals surface area contributed by atoms with Gasteiger partial charge in [-0.15, -0.1) is 0 Å². The maximum atomic E-state index is 15.7. The molecule has 1 atom stereocenters. The molecule has 0 spiro atoms. The molecule has 0 fully saturated rings. The van der Waals surface area contributed by atoms with Crippen LogP contribution in [0.2, 0.25) is 0 Å². The largest absolute Gasteiger partial charge is 0.203 e. The summed E-state index contributed by atoms with van der Waals surface area (Å²) in [4.78, 5) is 0. The Kier molecular flexibility index (Phi) is 5.83. The van der Waals surface area contributed by atoms with Gasteiger partial charge in [-0.25, -0.2) is 17.6 Å². The SMILES string of the molecule is N#CC1=C(C#N)C(C#N)CC(c2c(F)c(F)c(-c3cccc4cc5c(ccc6ccccc65)cc34)c(F)c2F)=C1. The zero-order valence-corrected chi connectivity index (χ0v) is 20.6. The normalized spacial score (nSPS) is 15.1. The zero-order valence-electron chi connectivity index (χ0n) is 20.6. The van der Waals surface area contributed by atoms with Crippen LogP contribution in [-0.2, 0) is 0 Å². The number of hydrogen-bond donors (Lipinski definition) is 0. The van der Waals surface area contributed by atoms with Crippen molar-refractivity contribution in [3.05, 3.63) is 113 Å². The van der Waals surface area contributed by atoms with E-state index in [1.54, 1.807) is 30.3 Å². The number of fused-ring (bicyclic) bond motifs is 4. The monoisotopic (exact) mass is 529 g/mol. The first-order valence-corrected chi connectivity index (χ1v) is 12.2. The molecule has 1 aliphatic carbocycles. The Morgan fingerprint density at radius 3 is 1.95 bits per heavy atom. The third-order valence-corrected chi connectivity index (χ3v) is 7.38. The molecule has 0 heterocycles. The summed E-state index contributed by atoms with van der Waals surface area (Å²) in [5, 5.41) is 32.9. The molecule has 0 aliphatic heterocycles. The van der Waals surface area contributed by atoms with Gasteiger partial charge in [0.05, 0.1) is 40.3 Å². The van der Waals surface area contributed by atoms with Gasteiger partial charge in [-0.3, -0.25) is 0 Å². The topological polar surface area (TPSA) is 71.4 Å². The molecule has 0 amide bonds. The van der Waals surface area contributed by atoms with E-state index in [1.165, 1.54) is 6.07 Å². The fourth-order valence-electron chi connectivity index (χ4n) is 5.48. The van der Waals surface area contributed by atoms with Crippen LogP contribution in [0.25, 0.3) is 49.0 Å². The lowest BCUT2D eigenvalue weighted by molar-refractivity contribution is 0.453. The highest BCUT2D eigenvalue weighted by Crippen LogP contribution is 2.42. The number of halogens is 4. The summed E-state index contributed by atoms with van der Waals surface area (Å²) in [5.41, 5.74) is -2.61. The summed E-state index contributed by atoms with van der Waals surface area (Å²) in [6.45, 7) is 0. The van der Waals surface area contributed by atoms with Crippen LogP contribution in [0.15, 0.2) is 84.0 Å². The Balaban J connectivity index is 1.59. The minimum atomic E-state index is -1.64. The fourth-order valence-corrected chi connectivity index (χ4v) is 5.48. The number of nitriles is 3. The van der Waals surface area contributed by atoms with Crippen molar-refractivity contribution in [3.63, 3.8) is 0 Å². The summed E-state index contributed by atoms with van der Waals surface area (Å²) >= 11 is 0. The van der Waals surface area contributed by atoms with Crippen molar-refractivity contribution in [2.75, 3.05) is 0 Å². The van der Waals surface area contributed by atoms with Gasteiger partial charge < -0.3 is 0 Å². The molecule has 0 N–H and O–H groups in total. The average molecular weight is 529 g/mol. The number of benzene rings is 5. The Bertz CT molecular complexity index is 2090. The van der Waals surface area contributed by atoms with E-state index in [0.29, 0.717) is 10.8 Å². The average Bonchev–Trinajstić information content (AvgIpc) is 2.98. The molecule has 40 heavy (non-hydrogen) atoms. The Labute approximate surface area is 225 Å². The van der Waals surface area contributed by atoms with Gasteiger partial charge in [0.25, 0.3) is 0 Å². The molecular weight excluding hydrogens is 514 g/mol. The van der Waals surface area contributed by atoms with Crippen molar-refractivity contribution in [2.45, 2.75) is 6.42 Å². The van der Waals surface area contributed by atoms with Crippen molar-refractivity contribution < 1.29 is 17.6 Å². The fraction of sp³-hybridized carbons (Fsp3) is 0.0606. The lowest BCUT2D eigenvalue weighted by Gasteiger charge is -2.20. The standard InChI is InChI=1S/C33H15F4N3/c34-30-28(20-10-21(14-38)27(16-40)22(11-20)15-39)31(35)33(37)29(32(30)36)24-7-3-5-18-12-25-19(13-26(18)24)9-8-17-4-1-2-6-23(17)25/h1-10,12-13,22H,11H2. The van der Waals surface area contributed by atoms with Gasteiger partial charge in [0.1, 0.15) is 6.07 Å². The lowest BCUT2D eigenvalue weighted by Crippen LogP contribution is -2.13. The molecule has 5 aromatic rings. The Morgan fingerprint density at radius 2 is 1.25 bits per heavy atom. The molecule has 1 aliphatic rings. The molecule has 7 heteroatoms. The highest BCUT2D eigenvalue weighted by atomic mass is 19.2. The molecule has 0 saturated heterocycles. The highest BCUT2D eigenvalue weighted by molar-refractivity contribution is 6.14. The molecule has 0 saturated carbocycles. The molecule has 6 rings (SSSR count). The van der Waals surface area contributed by atoms with E-state index in [4.69, 9.17) is 0 Å². The maximum absolute atomic E-state index is 15.7. The first kappa shape index (κ1) is 24.9. The molecular formula is C33H15F4N3. The Hall–Kier alpha value is -5.45. The number of nitrogens with zero attached hydrogens (tertiary/aromatic N) is 3. The van der Waals surface area contributed by atoms with Crippen molar-refractivity contribution in [1.29, 1.82) is 15.8 Å². The van der Waals surface area contributed by atoms with Crippen molar-refractivity contribution >= 4 is 37.9 Å². The van der Waals surface area contributed by atoms with Crippen LogP contribution in [0.1, 0.15) is 12.0 Å². The summed E-state index contributed by atoms with van der Waals surface area (Å²) in [5.74, 6) is -7.66. The lowest BCUT2D eigenvalue weighted by atomic mass is 9.81. The van der Waals surface area contributed by atoms with Crippen LogP contribution in [0.4, 0.5) is 17.6 Å². The first-order chi connectivity index (χ1) is 19.4. The van der Waals surface area contributed by atoms with E-state index in [1.807, 2.05) is 48.5 Å². The molecule has 3 nitrogen and oxygen atoms in total. The number of rotatable bonds is 2. The van der Waals surface area contributed by atoms with Crippen LogP contribution in [-0.4, -0.2) is 0 Å². The summed E-state index contributed by atoms with van der Waals surface area (Å²) in [6.07, 6.45) is 0.617. The molecule has 190 valence electrons. The molecule has 5 aromatic carbocycles. The van der Waals surface area contributed by atoms with Gasteiger partial charge >= 0.3 is 0 Å². The second kappa shape index (κ2) is 9.38. The van der Waals surface area contributed by atoms with E-state index in [-0.39, 0.29) is 28.7 Å². The van der Waals surface area contributed by atoms with Crippen LogP contribution in [0.3, 0.4) is 0 Å². The van der Waals surface area contributed by atoms with Crippen LogP contribution >= 0.6 is 0 Å². The van der Waals surface area contributed by atoms with Crippen LogP contribution in [0.5, 0.6) is 0 Å². The molecule has 0 radical (unpaired) electrons. The minimum Gasteiger partial charge on any atom is -0.203 e. The predicted molar refractivity (Wildman–Crippen MR) is 144 cm³/mol. The summed E-state index contributed by atoms with van der Waals surface area (Å²) in [7, 11) is 0. The third-order valence-electron chi connectivity index (χ3n) is 7.38. The van der Waals surface area contributed by atoms with E-state index in [9.17, 15) is 15.8 Å². The smallest absolute Gasteiger partial charge is 0.170 e. The quantitative estimate of drug-likeness (QED) is 0.0994. The molecule has 0 aromatic heterocycles. The van der Waals surface area contributed by atoms with Crippen molar-refractivity contribution in [2.24, 2.45) is 5.92 Å². The van der Waals surface area contributed by atoms with Crippen LogP contribution in [0, 0.1) is 63.2 Å².